The number of rotatable bonds is 4. The van der Waals surface area contributed by atoms with Crippen LogP contribution in [-0.2, 0) is 9.84 Å². The van der Waals surface area contributed by atoms with E-state index in [1.54, 1.807) is 6.92 Å². The molecule has 2 aromatic rings. The number of hydrogen-bond donors (Lipinski definition) is 2. The molecule has 0 amide bonds. The average Bonchev–Trinajstić information content (AvgIpc) is 2.61. The molecule has 0 aliphatic carbocycles. The van der Waals surface area contributed by atoms with Crippen molar-refractivity contribution in [1.82, 2.24) is 9.97 Å². The molecule has 0 fully saturated rings. The quantitative estimate of drug-likeness (QED) is 0.874. The normalized spacial score (nSPS) is 13.7. The Kier molecular flexibility index (Phi) is 3.40. The molecule has 98 valence electrons. The first-order valence-corrected chi connectivity index (χ1v) is 8.24. The summed E-state index contributed by atoms with van der Waals surface area (Å²) in [7, 11) is -3.03. The molecular weight excluding hydrogens is 272 g/mol. The highest BCUT2D eigenvalue weighted by molar-refractivity contribution is 7.90. The monoisotopic (exact) mass is 286 g/mol. The fraction of sp³-hybridized carbons (Fsp3) is 0.400. The Balaban J connectivity index is 2.28. The van der Waals surface area contributed by atoms with E-state index in [9.17, 15) is 8.42 Å². The lowest BCUT2D eigenvalue weighted by Gasteiger charge is -2.14. The summed E-state index contributed by atoms with van der Waals surface area (Å²) in [6, 6.07) is 1.65. The first-order chi connectivity index (χ1) is 8.35. The second kappa shape index (κ2) is 4.69. The van der Waals surface area contributed by atoms with Crippen LogP contribution in [0.2, 0.25) is 0 Å². The smallest absolute Gasteiger partial charge is 0.223 e. The Morgan fingerprint density at radius 3 is 2.89 bits per heavy atom. The Morgan fingerprint density at radius 2 is 2.22 bits per heavy atom. The molecule has 6 nitrogen and oxygen atoms in total. The zero-order chi connectivity index (χ0) is 13.3. The van der Waals surface area contributed by atoms with Gasteiger partial charge in [-0.05, 0) is 18.4 Å². The lowest BCUT2D eigenvalue weighted by atomic mass is 10.3. The standard InChI is InChI=1S/C10H14N4O2S2/c1-6(5-18(2,15)16)12-8-7-3-4-17-9(7)14-10(11)13-8/h3-4,6H,5H2,1-2H3,(H3,11,12,13,14). The maximum atomic E-state index is 11.2. The third-order valence-electron chi connectivity index (χ3n) is 2.28. The van der Waals surface area contributed by atoms with Gasteiger partial charge >= 0.3 is 0 Å². The second-order valence-corrected chi connectivity index (χ2v) is 7.29. The fourth-order valence-corrected chi connectivity index (χ4v) is 3.47. The van der Waals surface area contributed by atoms with Gasteiger partial charge in [-0.3, -0.25) is 0 Å². The molecule has 8 heteroatoms. The molecule has 0 aromatic carbocycles. The molecule has 2 rings (SSSR count). The minimum absolute atomic E-state index is 0.0442. The van der Waals surface area contributed by atoms with Crippen molar-refractivity contribution < 1.29 is 8.42 Å². The third-order valence-corrected chi connectivity index (χ3v) is 4.19. The third kappa shape index (κ3) is 3.08. The predicted molar refractivity (Wildman–Crippen MR) is 74.6 cm³/mol. The molecule has 2 aromatic heterocycles. The van der Waals surface area contributed by atoms with Gasteiger partial charge in [0.15, 0.2) is 0 Å². The number of hydrogen-bond acceptors (Lipinski definition) is 7. The van der Waals surface area contributed by atoms with Crippen LogP contribution in [-0.4, -0.2) is 36.4 Å². The summed E-state index contributed by atoms with van der Waals surface area (Å²) in [5.41, 5.74) is 5.61. The number of nitrogens with two attached hydrogens (primary N) is 1. The van der Waals surface area contributed by atoms with Crippen LogP contribution in [0, 0.1) is 0 Å². The molecule has 0 spiro atoms. The summed E-state index contributed by atoms with van der Waals surface area (Å²) >= 11 is 1.47. The lowest BCUT2D eigenvalue weighted by molar-refractivity contribution is 0.598. The Bertz CT molecular complexity index is 666. The van der Waals surface area contributed by atoms with Gasteiger partial charge in [0.2, 0.25) is 5.95 Å². The van der Waals surface area contributed by atoms with Gasteiger partial charge in [0.25, 0.3) is 0 Å². The van der Waals surface area contributed by atoms with Gasteiger partial charge in [-0.25, -0.2) is 13.4 Å². The molecule has 1 atom stereocenters. The fourth-order valence-electron chi connectivity index (χ4n) is 1.71. The maximum Gasteiger partial charge on any atom is 0.223 e. The second-order valence-electron chi connectivity index (χ2n) is 4.21. The van der Waals surface area contributed by atoms with E-state index in [-0.39, 0.29) is 17.7 Å². The number of thiophene rings is 1. The van der Waals surface area contributed by atoms with Crippen molar-refractivity contribution in [3.8, 4) is 0 Å². The van der Waals surface area contributed by atoms with E-state index in [4.69, 9.17) is 5.73 Å². The number of sulfone groups is 1. The van der Waals surface area contributed by atoms with Gasteiger partial charge < -0.3 is 11.1 Å². The summed E-state index contributed by atoms with van der Waals surface area (Å²) in [5.74, 6) is 0.802. The van der Waals surface area contributed by atoms with E-state index in [0.717, 1.165) is 10.2 Å². The summed E-state index contributed by atoms with van der Waals surface area (Å²) in [4.78, 5) is 9.00. The highest BCUT2D eigenvalue weighted by Gasteiger charge is 2.13. The predicted octanol–water partition coefficient (Wildman–Crippen LogP) is 1.12. The molecule has 0 bridgehead atoms. The van der Waals surface area contributed by atoms with Crippen molar-refractivity contribution in [1.29, 1.82) is 0 Å². The van der Waals surface area contributed by atoms with Crippen molar-refractivity contribution >= 4 is 43.2 Å². The van der Waals surface area contributed by atoms with Gasteiger partial charge in [0, 0.05) is 12.3 Å². The number of fused-ring (bicyclic) bond motifs is 1. The Hall–Kier alpha value is -1.41. The van der Waals surface area contributed by atoms with Crippen molar-refractivity contribution in [2.24, 2.45) is 0 Å². The van der Waals surface area contributed by atoms with Gasteiger partial charge in [0.05, 0.1) is 11.1 Å². The number of nitrogen functional groups attached to an aromatic ring is 1. The van der Waals surface area contributed by atoms with Crippen LogP contribution in [0.15, 0.2) is 11.4 Å². The minimum atomic E-state index is -3.03. The molecular formula is C10H14N4O2S2. The van der Waals surface area contributed by atoms with Crippen molar-refractivity contribution in [3.05, 3.63) is 11.4 Å². The van der Waals surface area contributed by atoms with Crippen LogP contribution < -0.4 is 11.1 Å². The summed E-state index contributed by atoms with van der Waals surface area (Å²) in [6.07, 6.45) is 1.21. The highest BCUT2D eigenvalue weighted by Crippen LogP contribution is 2.26. The van der Waals surface area contributed by atoms with Gasteiger partial charge in [-0.15, -0.1) is 11.3 Å². The van der Waals surface area contributed by atoms with Crippen LogP contribution in [0.25, 0.3) is 10.2 Å². The van der Waals surface area contributed by atoms with E-state index in [1.165, 1.54) is 17.6 Å². The molecule has 0 aliphatic heterocycles. The van der Waals surface area contributed by atoms with E-state index < -0.39 is 9.84 Å². The van der Waals surface area contributed by atoms with Crippen LogP contribution >= 0.6 is 11.3 Å². The largest absolute Gasteiger partial charge is 0.368 e. The Morgan fingerprint density at radius 1 is 1.50 bits per heavy atom. The van der Waals surface area contributed by atoms with E-state index in [0.29, 0.717) is 5.82 Å². The maximum absolute atomic E-state index is 11.2. The van der Waals surface area contributed by atoms with Gasteiger partial charge in [0.1, 0.15) is 20.5 Å². The topological polar surface area (TPSA) is 98.0 Å². The van der Waals surface area contributed by atoms with E-state index in [2.05, 4.69) is 15.3 Å². The number of nitrogens with one attached hydrogen (secondary N) is 1. The summed E-state index contributed by atoms with van der Waals surface area (Å²) in [6.45, 7) is 1.79. The SMILES string of the molecule is CC(CS(C)(=O)=O)Nc1nc(N)nc2sccc12. The lowest BCUT2D eigenvalue weighted by Crippen LogP contribution is -2.25. The van der Waals surface area contributed by atoms with Gasteiger partial charge in [-0.2, -0.15) is 4.98 Å². The Labute approximate surface area is 109 Å². The molecule has 0 saturated carbocycles. The molecule has 18 heavy (non-hydrogen) atoms. The molecule has 0 saturated heterocycles. The summed E-state index contributed by atoms with van der Waals surface area (Å²) in [5, 5.41) is 5.81. The molecule has 2 heterocycles. The van der Waals surface area contributed by atoms with E-state index in [1.807, 2.05) is 11.4 Å². The van der Waals surface area contributed by atoms with Crippen LogP contribution in [0.5, 0.6) is 0 Å². The first-order valence-electron chi connectivity index (χ1n) is 5.30. The van der Waals surface area contributed by atoms with Crippen molar-refractivity contribution in [3.63, 3.8) is 0 Å². The zero-order valence-electron chi connectivity index (χ0n) is 10.0. The molecule has 1 unspecified atom stereocenters. The minimum Gasteiger partial charge on any atom is -0.368 e. The van der Waals surface area contributed by atoms with Gasteiger partial charge in [-0.1, -0.05) is 0 Å². The summed E-state index contributed by atoms with van der Waals surface area (Å²) < 4.78 is 22.4. The van der Waals surface area contributed by atoms with Crippen molar-refractivity contribution in [2.45, 2.75) is 13.0 Å². The van der Waals surface area contributed by atoms with Crippen molar-refractivity contribution in [2.75, 3.05) is 23.1 Å². The molecule has 3 N–H and O–H groups in total. The average molecular weight is 286 g/mol. The molecule has 0 radical (unpaired) electrons. The zero-order valence-corrected chi connectivity index (χ0v) is 11.7. The van der Waals surface area contributed by atoms with E-state index >= 15 is 0 Å². The van der Waals surface area contributed by atoms with Crippen LogP contribution in [0.3, 0.4) is 0 Å². The highest BCUT2D eigenvalue weighted by atomic mass is 32.2. The van der Waals surface area contributed by atoms with Crippen LogP contribution in [0.4, 0.5) is 11.8 Å². The number of nitrogens with zero attached hydrogens (tertiary/aromatic N) is 2. The number of anilines is 2. The van der Waals surface area contributed by atoms with Crippen LogP contribution in [0.1, 0.15) is 6.92 Å². The molecule has 0 aliphatic rings. The first kappa shape index (κ1) is 13.0. The number of aromatic nitrogens is 2.